The molecule has 1 nitrogen and oxygen atoms in total. The number of pyridine rings is 1. The third-order valence-corrected chi connectivity index (χ3v) is 4.66. The molecule has 0 spiro atoms. The average Bonchev–Trinajstić information content (AvgIpc) is 2.43. The molecule has 2 rings (SSSR count). The maximum atomic E-state index is 4.46. The van der Waals surface area contributed by atoms with Crippen molar-refractivity contribution in [2.24, 2.45) is 5.92 Å². The molecule has 1 atom stereocenters. The topological polar surface area (TPSA) is 12.9 Å². The van der Waals surface area contributed by atoms with Gasteiger partial charge in [0.1, 0.15) is 0 Å². The zero-order valence-electron chi connectivity index (χ0n) is 10.9. The van der Waals surface area contributed by atoms with E-state index in [0.717, 1.165) is 28.3 Å². The second-order valence-corrected chi connectivity index (χ2v) is 6.39. The number of benzene rings is 1. The predicted octanol–water partition coefficient (Wildman–Crippen LogP) is 4.95. The first-order valence-corrected chi connectivity index (χ1v) is 8.31. The lowest BCUT2D eigenvalue weighted by Crippen LogP contribution is -2.11. The van der Waals surface area contributed by atoms with Crippen LogP contribution in [0.5, 0.6) is 0 Å². The molecule has 0 bridgehead atoms. The molecule has 1 aromatic heterocycles. The van der Waals surface area contributed by atoms with Crippen LogP contribution in [-0.2, 0) is 12.8 Å². The Morgan fingerprint density at radius 3 is 2.53 bits per heavy atom. The van der Waals surface area contributed by atoms with E-state index in [-0.39, 0.29) is 0 Å². The van der Waals surface area contributed by atoms with Crippen molar-refractivity contribution in [2.75, 3.05) is 5.33 Å². The average molecular weight is 383 g/mol. The molecule has 0 aliphatic carbocycles. The fraction of sp³-hybridized carbons (Fsp3) is 0.312. The van der Waals surface area contributed by atoms with E-state index in [2.05, 4.69) is 80.2 Å². The van der Waals surface area contributed by atoms with Gasteiger partial charge in [-0.1, -0.05) is 40.2 Å². The number of aryl methyl sites for hydroxylation is 1. The van der Waals surface area contributed by atoms with Crippen LogP contribution >= 0.6 is 31.9 Å². The van der Waals surface area contributed by atoms with Gasteiger partial charge in [0.05, 0.1) is 0 Å². The number of hydrogen-bond acceptors (Lipinski definition) is 1. The van der Waals surface area contributed by atoms with E-state index in [1.807, 2.05) is 6.20 Å². The van der Waals surface area contributed by atoms with Gasteiger partial charge in [0.25, 0.3) is 0 Å². The molecular weight excluding hydrogens is 366 g/mol. The molecule has 0 saturated carbocycles. The van der Waals surface area contributed by atoms with E-state index in [0.29, 0.717) is 5.92 Å². The highest BCUT2D eigenvalue weighted by Crippen LogP contribution is 2.19. The summed E-state index contributed by atoms with van der Waals surface area (Å²) >= 11 is 7.05. The van der Waals surface area contributed by atoms with Crippen molar-refractivity contribution in [1.82, 2.24) is 4.98 Å². The number of halogens is 2. The molecule has 0 aliphatic heterocycles. The van der Waals surface area contributed by atoms with E-state index >= 15 is 0 Å². The van der Waals surface area contributed by atoms with Crippen LogP contribution in [0.4, 0.5) is 0 Å². The lowest BCUT2D eigenvalue weighted by Gasteiger charge is -2.15. The van der Waals surface area contributed by atoms with E-state index < -0.39 is 0 Å². The zero-order chi connectivity index (χ0) is 13.7. The summed E-state index contributed by atoms with van der Waals surface area (Å²) in [5.41, 5.74) is 3.96. The Labute approximate surface area is 131 Å². The SMILES string of the molecule is Cc1ccccc1CC(CBr)Cc1ccc(Br)cn1. The smallest absolute Gasteiger partial charge is 0.0413 e. The minimum absolute atomic E-state index is 0.578. The van der Waals surface area contributed by atoms with Gasteiger partial charge >= 0.3 is 0 Å². The number of alkyl halides is 1. The molecule has 1 aromatic carbocycles. The molecule has 19 heavy (non-hydrogen) atoms. The number of nitrogens with zero attached hydrogens (tertiary/aromatic N) is 1. The molecule has 1 heterocycles. The molecule has 0 aliphatic rings. The highest BCUT2D eigenvalue weighted by Gasteiger charge is 2.11. The molecule has 1 unspecified atom stereocenters. The Bertz CT molecular complexity index is 523. The summed E-state index contributed by atoms with van der Waals surface area (Å²) in [6, 6.07) is 12.8. The van der Waals surface area contributed by atoms with Crippen LogP contribution in [0, 0.1) is 12.8 Å². The Morgan fingerprint density at radius 2 is 1.89 bits per heavy atom. The summed E-state index contributed by atoms with van der Waals surface area (Å²) in [6.07, 6.45) is 3.97. The van der Waals surface area contributed by atoms with E-state index in [1.165, 1.54) is 11.1 Å². The van der Waals surface area contributed by atoms with Crippen LogP contribution in [-0.4, -0.2) is 10.3 Å². The molecule has 0 saturated heterocycles. The molecule has 2 aromatic rings. The van der Waals surface area contributed by atoms with Crippen molar-refractivity contribution in [1.29, 1.82) is 0 Å². The minimum atomic E-state index is 0.578. The van der Waals surface area contributed by atoms with Gasteiger partial charge in [-0.05, 0) is 64.9 Å². The van der Waals surface area contributed by atoms with Gasteiger partial charge in [-0.15, -0.1) is 0 Å². The van der Waals surface area contributed by atoms with Gasteiger partial charge < -0.3 is 0 Å². The Morgan fingerprint density at radius 1 is 1.11 bits per heavy atom. The van der Waals surface area contributed by atoms with Crippen molar-refractivity contribution in [3.05, 3.63) is 63.9 Å². The number of aromatic nitrogens is 1. The van der Waals surface area contributed by atoms with Gasteiger partial charge in [0, 0.05) is 21.7 Å². The first-order valence-electron chi connectivity index (χ1n) is 6.40. The molecule has 0 radical (unpaired) electrons. The van der Waals surface area contributed by atoms with Crippen molar-refractivity contribution in [3.8, 4) is 0 Å². The molecule has 3 heteroatoms. The van der Waals surface area contributed by atoms with Crippen LogP contribution < -0.4 is 0 Å². The fourth-order valence-corrected chi connectivity index (χ4v) is 2.85. The highest BCUT2D eigenvalue weighted by molar-refractivity contribution is 9.10. The van der Waals surface area contributed by atoms with Crippen molar-refractivity contribution < 1.29 is 0 Å². The molecule has 0 fully saturated rings. The quantitative estimate of drug-likeness (QED) is 0.666. The third-order valence-electron chi connectivity index (χ3n) is 3.27. The maximum absolute atomic E-state index is 4.46. The lowest BCUT2D eigenvalue weighted by atomic mass is 9.94. The van der Waals surface area contributed by atoms with E-state index in [1.54, 1.807) is 0 Å². The van der Waals surface area contributed by atoms with Crippen LogP contribution in [0.1, 0.15) is 16.8 Å². The summed E-state index contributed by atoms with van der Waals surface area (Å²) < 4.78 is 1.03. The number of rotatable bonds is 5. The fourth-order valence-electron chi connectivity index (χ4n) is 2.15. The summed E-state index contributed by atoms with van der Waals surface area (Å²) in [4.78, 5) is 4.46. The Balaban J connectivity index is 2.05. The highest BCUT2D eigenvalue weighted by atomic mass is 79.9. The summed E-state index contributed by atoms with van der Waals surface area (Å²) in [5, 5.41) is 0.999. The second kappa shape index (κ2) is 7.20. The van der Waals surface area contributed by atoms with E-state index in [9.17, 15) is 0 Å². The standard InChI is InChI=1S/C16H17Br2N/c1-12-4-2-3-5-14(12)8-13(10-17)9-16-7-6-15(18)11-19-16/h2-7,11,13H,8-10H2,1H3. The Hall–Kier alpha value is -0.670. The van der Waals surface area contributed by atoms with Crippen molar-refractivity contribution in [2.45, 2.75) is 19.8 Å². The lowest BCUT2D eigenvalue weighted by molar-refractivity contribution is 0.581. The third kappa shape index (κ3) is 4.43. The van der Waals surface area contributed by atoms with Gasteiger partial charge in [-0.2, -0.15) is 0 Å². The number of hydrogen-bond donors (Lipinski definition) is 0. The van der Waals surface area contributed by atoms with Crippen LogP contribution in [0.3, 0.4) is 0 Å². The monoisotopic (exact) mass is 381 g/mol. The van der Waals surface area contributed by atoms with Crippen LogP contribution in [0.2, 0.25) is 0 Å². The van der Waals surface area contributed by atoms with Crippen molar-refractivity contribution >= 4 is 31.9 Å². The summed E-state index contributed by atoms with van der Waals surface area (Å²) in [6.45, 7) is 2.18. The summed E-state index contributed by atoms with van der Waals surface area (Å²) in [5.74, 6) is 0.578. The van der Waals surface area contributed by atoms with Crippen molar-refractivity contribution in [3.63, 3.8) is 0 Å². The largest absolute Gasteiger partial charge is 0.260 e. The predicted molar refractivity (Wildman–Crippen MR) is 87.8 cm³/mol. The normalized spacial score (nSPS) is 12.4. The van der Waals surface area contributed by atoms with Gasteiger partial charge in [-0.3, -0.25) is 4.98 Å². The van der Waals surface area contributed by atoms with E-state index in [4.69, 9.17) is 0 Å². The van der Waals surface area contributed by atoms with Crippen LogP contribution in [0.25, 0.3) is 0 Å². The van der Waals surface area contributed by atoms with Gasteiger partial charge in [0.2, 0.25) is 0 Å². The van der Waals surface area contributed by atoms with Gasteiger partial charge in [0.15, 0.2) is 0 Å². The second-order valence-electron chi connectivity index (χ2n) is 4.82. The first-order chi connectivity index (χ1) is 9.19. The minimum Gasteiger partial charge on any atom is -0.260 e. The molecular formula is C16H17Br2N. The molecule has 0 N–H and O–H groups in total. The Kier molecular flexibility index (Phi) is 5.59. The maximum Gasteiger partial charge on any atom is 0.0413 e. The molecule has 100 valence electrons. The summed E-state index contributed by atoms with van der Waals surface area (Å²) in [7, 11) is 0. The van der Waals surface area contributed by atoms with Crippen LogP contribution in [0.15, 0.2) is 47.1 Å². The zero-order valence-corrected chi connectivity index (χ0v) is 14.1. The first kappa shape index (κ1) is 14.7. The van der Waals surface area contributed by atoms with Gasteiger partial charge in [-0.25, -0.2) is 0 Å². The molecule has 0 amide bonds.